The number of thioether (sulfide) groups is 1. The first-order valence-electron chi connectivity index (χ1n) is 6.97. The largest absolute Gasteiger partial charge is 0.480 e. The molecule has 118 valence electrons. The summed E-state index contributed by atoms with van der Waals surface area (Å²) in [7, 11) is 0. The van der Waals surface area contributed by atoms with Gasteiger partial charge >= 0.3 is 5.97 Å². The SMILES string of the molecule is Cc1cccc(C(Sc2nc3cc(Cl)ccc3s2)C(=O)O)c1C. The van der Waals surface area contributed by atoms with Crippen LogP contribution in [0.5, 0.6) is 0 Å². The maximum atomic E-state index is 11.8. The van der Waals surface area contributed by atoms with Gasteiger partial charge < -0.3 is 5.11 Å². The quantitative estimate of drug-likeness (QED) is 0.623. The first-order valence-corrected chi connectivity index (χ1v) is 9.05. The summed E-state index contributed by atoms with van der Waals surface area (Å²) in [5.41, 5.74) is 3.72. The van der Waals surface area contributed by atoms with Crippen LogP contribution in [0, 0.1) is 13.8 Å². The van der Waals surface area contributed by atoms with Crippen molar-refractivity contribution in [3.63, 3.8) is 0 Å². The lowest BCUT2D eigenvalue weighted by Gasteiger charge is -2.15. The summed E-state index contributed by atoms with van der Waals surface area (Å²) in [6.07, 6.45) is 0. The number of aromatic nitrogens is 1. The minimum Gasteiger partial charge on any atom is -0.480 e. The Bertz CT molecular complexity index is 891. The van der Waals surface area contributed by atoms with Crippen LogP contribution in [0.15, 0.2) is 40.7 Å². The van der Waals surface area contributed by atoms with Crippen LogP contribution >= 0.6 is 34.7 Å². The monoisotopic (exact) mass is 363 g/mol. The van der Waals surface area contributed by atoms with Gasteiger partial charge in [0.05, 0.1) is 10.2 Å². The molecular weight excluding hydrogens is 350 g/mol. The van der Waals surface area contributed by atoms with Crippen molar-refractivity contribution >= 4 is 50.9 Å². The summed E-state index contributed by atoms with van der Waals surface area (Å²) >= 11 is 8.74. The number of aliphatic carboxylic acids is 1. The zero-order valence-electron chi connectivity index (χ0n) is 12.5. The Kier molecular flexibility index (Phi) is 4.62. The lowest BCUT2D eigenvalue weighted by atomic mass is 10.0. The van der Waals surface area contributed by atoms with Gasteiger partial charge in [0.2, 0.25) is 0 Å². The van der Waals surface area contributed by atoms with E-state index in [0.29, 0.717) is 5.02 Å². The number of hydrogen-bond acceptors (Lipinski definition) is 4. The van der Waals surface area contributed by atoms with Crippen LogP contribution < -0.4 is 0 Å². The van der Waals surface area contributed by atoms with E-state index in [0.717, 1.165) is 31.2 Å². The molecular formula is C17H14ClNO2S2. The highest BCUT2D eigenvalue weighted by molar-refractivity contribution is 8.02. The fourth-order valence-corrected chi connectivity index (χ4v) is 4.77. The molecule has 1 atom stereocenters. The van der Waals surface area contributed by atoms with Crippen molar-refractivity contribution in [3.8, 4) is 0 Å². The lowest BCUT2D eigenvalue weighted by Crippen LogP contribution is -2.10. The van der Waals surface area contributed by atoms with Crippen molar-refractivity contribution in [2.45, 2.75) is 23.4 Å². The second-order valence-corrected chi connectivity index (χ2v) is 8.04. The number of nitrogens with zero attached hydrogens (tertiary/aromatic N) is 1. The van der Waals surface area contributed by atoms with Gasteiger partial charge in [0.1, 0.15) is 5.25 Å². The molecule has 0 radical (unpaired) electrons. The van der Waals surface area contributed by atoms with Crippen LogP contribution in [0.25, 0.3) is 10.2 Å². The molecule has 1 heterocycles. The van der Waals surface area contributed by atoms with E-state index in [9.17, 15) is 9.90 Å². The maximum Gasteiger partial charge on any atom is 0.321 e. The predicted molar refractivity (Wildman–Crippen MR) is 96.8 cm³/mol. The third-order valence-corrected chi connectivity index (χ3v) is 6.29. The molecule has 0 saturated heterocycles. The molecule has 3 aromatic rings. The van der Waals surface area contributed by atoms with Gasteiger partial charge in [-0.25, -0.2) is 4.98 Å². The van der Waals surface area contributed by atoms with E-state index >= 15 is 0 Å². The zero-order valence-corrected chi connectivity index (χ0v) is 14.9. The standard InChI is InChI=1S/C17H14ClNO2S2/c1-9-4-3-5-12(10(9)2)15(16(20)21)23-17-19-13-8-11(18)6-7-14(13)22-17/h3-8,15H,1-2H3,(H,20,21). The van der Waals surface area contributed by atoms with E-state index < -0.39 is 11.2 Å². The summed E-state index contributed by atoms with van der Waals surface area (Å²) in [6, 6.07) is 11.3. The molecule has 0 fully saturated rings. The molecule has 0 aliphatic carbocycles. The molecule has 3 nitrogen and oxygen atoms in total. The van der Waals surface area contributed by atoms with Crippen molar-refractivity contribution in [2.75, 3.05) is 0 Å². The molecule has 0 spiro atoms. The number of carboxylic acids is 1. The van der Waals surface area contributed by atoms with Gasteiger partial charge in [-0.3, -0.25) is 4.79 Å². The van der Waals surface area contributed by atoms with Crippen LogP contribution in [-0.4, -0.2) is 16.1 Å². The summed E-state index contributed by atoms with van der Waals surface area (Å²) < 4.78 is 1.73. The number of hydrogen-bond donors (Lipinski definition) is 1. The third kappa shape index (κ3) is 3.37. The number of aryl methyl sites for hydroxylation is 1. The zero-order chi connectivity index (χ0) is 16.6. The van der Waals surface area contributed by atoms with Crippen LogP contribution in [0.3, 0.4) is 0 Å². The molecule has 0 aliphatic rings. The Morgan fingerprint density at radius 1 is 1.30 bits per heavy atom. The highest BCUT2D eigenvalue weighted by Crippen LogP contribution is 2.41. The number of rotatable bonds is 4. The Morgan fingerprint density at radius 2 is 2.09 bits per heavy atom. The third-order valence-electron chi connectivity index (χ3n) is 3.70. The maximum absolute atomic E-state index is 11.8. The predicted octanol–water partition coefficient (Wildman–Crippen LogP) is 5.48. The van der Waals surface area contributed by atoms with E-state index in [1.165, 1.54) is 23.1 Å². The van der Waals surface area contributed by atoms with E-state index in [4.69, 9.17) is 11.6 Å². The van der Waals surface area contributed by atoms with Crippen molar-refractivity contribution in [1.82, 2.24) is 4.98 Å². The Hall–Kier alpha value is -1.56. The Labute approximate surface area is 147 Å². The number of carbonyl (C=O) groups is 1. The van der Waals surface area contributed by atoms with Gasteiger partial charge in [0, 0.05) is 5.02 Å². The van der Waals surface area contributed by atoms with Crippen molar-refractivity contribution in [1.29, 1.82) is 0 Å². The second kappa shape index (κ2) is 6.51. The van der Waals surface area contributed by atoms with Crippen LogP contribution in [0.1, 0.15) is 21.9 Å². The van der Waals surface area contributed by atoms with Gasteiger partial charge in [0.15, 0.2) is 4.34 Å². The fourth-order valence-electron chi connectivity index (χ4n) is 2.34. The average Bonchev–Trinajstić information content (AvgIpc) is 2.89. The Morgan fingerprint density at radius 3 is 2.83 bits per heavy atom. The van der Waals surface area contributed by atoms with E-state index in [1.807, 2.05) is 44.2 Å². The molecule has 0 saturated carbocycles. The Balaban J connectivity index is 1.98. The smallest absolute Gasteiger partial charge is 0.321 e. The lowest BCUT2D eigenvalue weighted by molar-refractivity contribution is -0.136. The number of benzene rings is 2. The molecule has 0 bridgehead atoms. The molecule has 1 unspecified atom stereocenters. The van der Waals surface area contributed by atoms with Crippen molar-refractivity contribution in [3.05, 3.63) is 58.1 Å². The summed E-state index contributed by atoms with van der Waals surface area (Å²) in [5, 5.41) is 9.61. The fraction of sp³-hybridized carbons (Fsp3) is 0.176. The highest BCUT2D eigenvalue weighted by atomic mass is 35.5. The van der Waals surface area contributed by atoms with E-state index in [2.05, 4.69) is 4.98 Å². The van der Waals surface area contributed by atoms with Gasteiger partial charge in [-0.05, 0) is 48.7 Å². The first-order chi connectivity index (χ1) is 11.0. The normalized spacial score (nSPS) is 12.5. The minimum absolute atomic E-state index is 0.628. The second-order valence-electron chi connectivity index (χ2n) is 5.22. The average molecular weight is 364 g/mol. The number of halogens is 1. The van der Waals surface area contributed by atoms with Crippen LogP contribution in [0.2, 0.25) is 5.02 Å². The van der Waals surface area contributed by atoms with Crippen LogP contribution in [0.4, 0.5) is 0 Å². The topological polar surface area (TPSA) is 50.2 Å². The minimum atomic E-state index is -0.860. The summed E-state index contributed by atoms with van der Waals surface area (Å²) in [6.45, 7) is 3.95. The van der Waals surface area contributed by atoms with E-state index in [-0.39, 0.29) is 0 Å². The highest BCUT2D eigenvalue weighted by Gasteiger charge is 2.25. The van der Waals surface area contributed by atoms with Crippen molar-refractivity contribution in [2.24, 2.45) is 0 Å². The number of fused-ring (bicyclic) bond motifs is 1. The number of carboxylic acid groups (broad SMARTS) is 1. The molecule has 1 aromatic heterocycles. The molecule has 0 amide bonds. The molecule has 0 aliphatic heterocycles. The molecule has 23 heavy (non-hydrogen) atoms. The number of thiazole rings is 1. The molecule has 6 heteroatoms. The molecule has 2 aromatic carbocycles. The molecule has 1 N–H and O–H groups in total. The molecule has 3 rings (SSSR count). The van der Waals surface area contributed by atoms with Gasteiger partial charge in [-0.1, -0.05) is 41.6 Å². The van der Waals surface area contributed by atoms with Gasteiger partial charge in [0.25, 0.3) is 0 Å². The summed E-state index contributed by atoms with van der Waals surface area (Å²) in [5.74, 6) is -0.860. The van der Waals surface area contributed by atoms with Gasteiger partial charge in [-0.2, -0.15) is 0 Å². The summed E-state index contributed by atoms with van der Waals surface area (Å²) in [4.78, 5) is 16.3. The van der Waals surface area contributed by atoms with E-state index in [1.54, 1.807) is 6.07 Å². The van der Waals surface area contributed by atoms with Crippen molar-refractivity contribution < 1.29 is 9.90 Å². The first kappa shape index (κ1) is 16.3. The van der Waals surface area contributed by atoms with Crippen LogP contribution in [-0.2, 0) is 4.79 Å². The van der Waals surface area contributed by atoms with Gasteiger partial charge in [-0.15, -0.1) is 11.3 Å².